The van der Waals surface area contributed by atoms with E-state index in [2.05, 4.69) is 40.6 Å². The predicted octanol–water partition coefficient (Wildman–Crippen LogP) is 1.28. The molecular weight excluding hydrogens is 318 g/mol. The minimum Gasteiger partial charge on any atom is -0.373 e. The van der Waals surface area contributed by atoms with Crippen molar-refractivity contribution in [2.45, 2.75) is 18.9 Å². The first-order valence-corrected chi connectivity index (χ1v) is 8.39. The third-order valence-corrected chi connectivity index (χ3v) is 4.61. The summed E-state index contributed by atoms with van der Waals surface area (Å²) in [5.41, 5.74) is 0.829. The summed E-state index contributed by atoms with van der Waals surface area (Å²) < 4.78 is 1.75. The van der Waals surface area contributed by atoms with E-state index in [1.54, 1.807) is 23.5 Å². The minimum absolute atomic E-state index is 0.362. The Kier molecular flexibility index (Phi) is 4.04. The maximum Gasteiger partial charge on any atom is 0.163 e. The van der Waals surface area contributed by atoms with Gasteiger partial charge in [-0.15, -0.1) is 0 Å². The smallest absolute Gasteiger partial charge is 0.163 e. The number of anilines is 3. The van der Waals surface area contributed by atoms with Crippen LogP contribution in [-0.4, -0.2) is 55.9 Å². The van der Waals surface area contributed by atoms with Crippen molar-refractivity contribution in [3.63, 3.8) is 0 Å². The largest absolute Gasteiger partial charge is 0.373 e. The van der Waals surface area contributed by atoms with Gasteiger partial charge in [-0.2, -0.15) is 5.10 Å². The highest BCUT2D eigenvalue weighted by Crippen LogP contribution is 2.26. The summed E-state index contributed by atoms with van der Waals surface area (Å²) in [4.78, 5) is 19.6. The number of nitrogens with zero attached hydrogens (tertiary/aromatic N) is 7. The zero-order valence-corrected chi connectivity index (χ0v) is 14.3. The summed E-state index contributed by atoms with van der Waals surface area (Å²) in [6.45, 7) is 1.79. The van der Waals surface area contributed by atoms with E-state index in [1.807, 2.05) is 20.2 Å². The molecule has 1 aliphatic heterocycles. The molecule has 3 aromatic heterocycles. The van der Waals surface area contributed by atoms with Crippen LogP contribution < -0.4 is 15.5 Å². The molecule has 0 aromatic carbocycles. The van der Waals surface area contributed by atoms with Gasteiger partial charge in [0.25, 0.3) is 0 Å². The Morgan fingerprint density at radius 3 is 2.96 bits per heavy atom. The zero-order chi connectivity index (χ0) is 17.2. The van der Waals surface area contributed by atoms with Gasteiger partial charge >= 0.3 is 0 Å². The van der Waals surface area contributed by atoms with E-state index in [-0.39, 0.29) is 0 Å². The van der Waals surface area contributed by atoms with Crippen molar-refractivity contribution in [2.75, 3.05) is 35.7 Å². The van der Waals surface area contributed by atoms with E-state index in [4.69, 9.17) is 0 Å². The number of aromatic nitrogens is 6. The Labute approximate surface area is 145 Å². The molecule has 1 fully saturated rings. The molecule has 0 spiro atoms. The molecule has 0 amide bonds. The van der Waals surface area contributed by atoms with Crippen molar-refractivity contribution in [3.8, 4) is 0 Å². The molecule has 0 radical (unpaired) electrons. The number of rotatable bonds is 5. The average Bonchev–Trinajstić information content (AvgIpc) is 3.27. The van der Waals surface area contributed by atoms with Gasteiger partial charge in [-0.1, -0.05) is 0 Å². The number of fused-ring (bicyclic) bond motifs is 1. The van der Waals surface area contributed by atoms with E-state index in [0.29, 0.717) is 6.04 Å². The molecule has 2 N–H and O–H groups in total. The fraction of sp³-hybridized carbons (Fsp3) is 0.438. The summed E-state index contributed by atoms with van der Waals surface area (Å²) in [7, 11) is 3.75. The van der Waals surface area contributed by atoms with Crippen LogP contribution in [0.1, 0.15) is 12.8 Å². The lowest BCUT2D eigenvalue weighted by Gasteiger charge is -2.26. The van der Waals surface area contributed by atoms with Gasteiger partial charge in [-0.25, -0.2) is 19.9 Å². The summed E-state index contributed by atoms with van der Waals surface area (Å²) in [5.74, 6) is 2.61. The second kappa shape index (κ2) is 6.50. The molecule has 1 saturated heterocycles. The first-order chi connectivity index (χ1) is 12.3. The summed E-state index contributed by atoms with van der Waals surface area (Å²) in [6, 6.07) is 2.35. The third kappa shape index (κ3) is 2.92. The fourth-order valence-electron chi connectivity index (χ4n) is 3.31. The number of nitrogens with one attached hydrogen (secondary N) is 2. The van der Waals surface area contributed by atoms with Crippen molar-refractivity contribution in [3.05, 3.63) is 24.9 Å². The molecule has 0 unspecified atom stereocenters. The molecule has 1 atom stereocenters. The van der Waals surface area contributed by atoms with Crippen LogP contribution in [0.2, 0.25) is 0 Å². The Bertz CT molecular complexity index is 875. The molecular formula is C16H21N9. The monoisotopic (exact) mass is 339 g/mol. The van der Waals surface area contributed by atoms with Crippen LogP contribution in [-0.2, 0) is 7.05 Å². The van der Waals surface area contributed by atoms with E-state index >= 15 is 0 Å². The van der Waals surface area contributed by atoms with Gasteiger partial charge in [-0.3, -0.25) is 4.68 Å². The van der Waals surface area contributed by atoms with Crippen molar-refractivity contribution in [1.82, 2.24) is 29.7 Å². The highest BCUT2D eigenvalue weighted by atomic mass is 15.3. The third-order valence-electron chi connectivity index (χ3n) is 4.61. The molecule has 9 heteroatoms. The zero-order valence-electron chi connectivity index (χ0n) is 14.3. The van der Waals surface area contributed by atoms with E-state index in [1.165, 1.54) is 0 Å². The van der Waals surface area contributed by atoms with Crippen LogP contribution in [0, 0.1) is 0 Å². The first kappa shape index (κ1) is 15.6. The van der Waals surface area contributed by atoms with Crippen LogP contribution in [0.3, 0.4) is 0 Å². The quantitative estimate of drug-likeness (QED) is 0.717. The predicted molar refractivity (Wildman–Crippen MR) is 96.7 cm³/mol. The Morgan fingerprint density at radius 2 is 2.08 bits per heavy atom. The number of hydrogen-bond acceptors (Lipinski definition) is 8. The SMILES string of the molecule is CNc1cc(N2CCC[C@H]2CNc2ncnc3c2cnn3C)ncn1. The molecule has 0 aliphatic carbocycles. The van der Waals surface area contributed by atoms with Crippen molar-refractivity contribution in [2.24, 2.45) is 7.05 Å². The van der Waals surface area contributed by atoms with Crippen LogP contribution in [0.15, 0.2) is 24.9 Å². The van der Waals surface area contributed by atoms with Crippen molar-refractivity contribution >= 4 is 28.5 Å². The second-order valence-electron chi connectivity index (χ2n) is 6.11. The summed E-state index contributed by atoms with van der Waals surface area (Å²) >= 11 is 0. The lowest BCUT2D eigenvalue weighted by molar-refractivity contribution is 0.689. The molecule has 0 bridgehead atoms. The fourth-order valence-corrected chi connectivity index (χ4v) is 3.31. The average molecular weight is 339 g/mol. The van der Waals surface area contributed by atoms with Crippen LogP contribution >= 0.6 is 0 Å². The van der Waals surface area contributed by atoms with Gasteiger partial charge in [0.2, 0.25) is 0 Å². The standard InChI is InChI=1S/C16H21N9/c1-17-13-6-14(20-9-19-13)25-5-3-4-11(25)7-18-15-12-8-23-24(2)16(12)22-10-21-15/h6,8-11H,3-5,7H2,1-2H3,(H,17,19,20)(H,18,21,22)/t11-/m0/s1. The van der Waals surface area contributed by atoms with Crippen LogP contribution in [0.4, 0.5) is 17.5 Å². The van der Waals surface area contributed by atoms with Crippen LogP contribution in [0.5, 0.6) is 0 Å². The van der Waals surface area contributed by atoms with Gasteiger partial charge in [0.15, 0.2) is 5.65 Å². The first-order valence-electron chi connectivity index (χ1n) is 8.39. The van der Waals surface area contributed by atoms with Gasteiger partial charge < -0.3 is 15.5 Å². The molecule has 25 heavy (non-hydrogen) atoms. The Morgan fingerprint density at radius 1 is 1.20 bits per heavy atom. The van der Waals surface area contributed by atoms with E-state index in [0.717, 1.165) is 54.4 Å². The molecule has 1 aliphatic rings. The summed E-state index contributed by atoms with van der Waals surface area (Å²) in [5, 5.41) is 11.7. The maximum atomic E-state index is 4.44. The lowest BCUT2D eigenvalue weighted by atomic mass is 10.2. The summed E-state index contributed by atoms with van der Waals surface area (Å²) in [6.07, 6.45) is 7.24. The van der Waals surface area contributed by atoms with Crippen LogP contribution in [0.25, 0.3) is 11.0 Å². The van der Waals surface area contributed by atoms with Gasteiger partial charge in [-0.05, 0) is 12.8 Å². The molecule has 0 saturated carbocycles. The molecule has 3 aromatic rings. The Balaban J connectivity index is 1.51. The van der Waals surface area contributed by atoms with Gasteiger partial charge in [0, 0.05) is 39.3 Å². The molecule has 4 heterocycles. The maximum absolute atomic E-state index is 4.44. The highest BCUT2D eigenvalue weighted by Gasteiger charge is 2.26. The topological polar surface area (TPSA) is 96.7 Å². The number of aryl methyl sites for hydroxylation is 1. The number of hydrogen-bond donors (Lipinski definition) is 2. The van der Waals surface area contributed by atoms with Crippen molar-refractivity contribution in [1.29, 1.82) is 0 Å². The van der Waals surface area contributed by atoms with E-state index in [9.17, 15) is 0 Å². The Hall–Kier alpha value is -2.97. The molecule has 4 rings (SSSR count). The van der Waals surface area contributed by atoms with Crippen molar-refractivity contribution < 1.29 is 0 Å². The van der Waals surface area contributed by atoms with Gasteiger partial charge in [0.05, 0.1) is 11.6 Å². The minimum atomic E-state index is 0.362. The molecule has 9 nitrogen and oxygen atoms in total. The molecule has 130 valence electrons. The normalized spacial score (nSPS) is 17.2. The van der Waals surface area contributed by atoms with E-state index < -0.39 is 0 Å². The highest BCUT2D eigenvalue weighted by molar-refractivity contribution is 5.85. The van der Waals surface area contributed by atoms with Gasteiger partial charge in [0.1, 0.15) is 30.1 Å². The second-order valence-corrected chi connectivity index (χ2v) is 6.11. The lowest BCUT2D eigenvalue weighted by Crippen LogP contribution is -2.35.